The maximum absolute atomic E-state index is 15.1. The van der Waals surface area contributed by atoms with Gasteiger partial charge in [0, 0.05) is 59.2 Å². The van der Waals surface area contributed by atoms with E-state index in [0.717, 1.165) is 22.6 Å². The molecule has 11 heteroatoms. The minimum absolute atomic E-state index is 0.000554. The fraction of sp³-hybridized carbons (Fsp3) is 0.346. The van der Waals surface area contributed by atoms with Crippen LogP contribution in [-0.2, 0) is 4.79 Å². The van der Waals surface area contributed by atoms with Crippen molar-refractivity contribution in [1.29, 1.82) is 0 Å². The molecule has 194 valence electrons. The zero-order chi connectivity index (χ0) is 26.3. The van der Waals surface area contributed by atoms with Crippen LogP contribution in [0.3, 0.4) is 0 Å². The van der Waals surface area contributed by atoms with E-state index in [0.29, 0.717) is 46.8 Å². The van der Waals surface area contributed by atoms with Gasteiger partial charge >= 0.3 is 0 Å². The average Bonchev–Trinajstić information content (AvgIpc) is 3.61. The largest absolute Gasteiger partial charge is 0.495 e. The van der Waals surface area contributed by atoms with Gasteiger partial charge in [-0.15, -0.1) is 11.3 Å². The maximum Gasteiger partial charge on any atom is 0.246 e. The quantitative estimate of drug-likeness (QED) is 0.368. The summed E-state index contributed by atoms with van der Waals surface area (Å²) in [6.07, 6.45) is 5.74. The SMILES string of the molecule is COc1cc(OC)c2sc(-c3cc(C4CCN(C(=O)/C=C/CN(C)C)C4)n4ncnc(N)c34)cc2c1F. The molecule has 1 unspecified atom stereocenters. The molecule has 1 amide bonds. The minimum Gasteiger partial charge on any atom is -0.495 e. The van der Waals surface area contributed by atoms with Crippen LogP contribution >= 0.6 is 11.3 Å². The molecule has 5 rings (SSSR count). The number of anilines is 1. The normalized spacial score (nSPS) is 16.1. The van der Waals surface area contributed by atoms with Crippen molar-refractivity contribution in [3.8, 4) is 21.9 Å². The average molecular weight is 525 g/mol. The second kappa shape index (κ2) is 9.98. The Hall–Kier alpha value is -3.70. The van der Waals surface area contributed by atoms with Crippen molar-refractivity contribution in [2.75, 3.05) is 53.7 Å². The van der Waals surface area contributed by atoms with E-state index in [9.17, 15) is 4.79 Å². The third-order valence-corrected chi connectivity index (χ3v) is 7.82. The lowest BCUT2D eigenvalue weighted by molar-refractivity contribution is -0.125. The molecule has 1 saturated heterocycles. The Bertz CT molecular complexity index is 1510. The van der Waals surface area contributed by atoms with Gasteiger partial charge in [0.25, 0.3) is 0 Å². The number of halogens is 1. The van der Waals surface area contributed by atoms with Gasteiger partial charge in [0.2, 0.25) is 5.91 Å². The van der Waals surface area contributed by atoms with E-state index in [1.165, 1.54) is 24.8 Å². The third-order valence-electron chi connectivity index (χ3n) is 6.64. The number of thiophene rings is 1. The summed E-state index contributed by atoms with van der Waals surface area (Å²) < 4.78 is 28.3. The number of methoxy groups -OCH3 is 2. The highest BCUT2D eigenvalue weighted by atomic mass is 32.1. The summed E-state index contributed by atoms with van der Waals surface area (Å²) in [4.78, 5) is 21.6. The molecule has 4 heterocycles. The molecular weight excluding hydrogens is 495 g/mol. The molecule has 37 heavy (non-hydrogen) atoms. The number of benzene rings is 1. The van der Waals surface area contributed by atoms with Crippen molar-refractivity contribution >= 4 is 38.7 Å². The summed E-state index contributed by atoms with van der Waals surface area (Å²) in [5, 5.41) is 4.90. The van der Waals surface area contributed by atoms with Gasteiger partial charge in [-0.3, -0.25) is 4.79 Å². The molecule has 0 radical (unpaired) electrons. The van der Waals surface area contributed by atoms with Gasteiger partial charge in [-0.05, 0) is 32.6 Å². The van der Waals surface area contributed by atoms with Gasteiger partial charge in [-0.25, -0.2) is 13.9 Å². The molecule has 1 aliphatic rings. The minimum atomic E-state index is -0.443. The van der Waals surface area contributed by atoms with E-state index in [1.807, 2.05) is 36.0 Å². The number of aromatic nitrogens is 3. The zero-order valence-corrected chi connectivity index (χ0v) is 22.0. The number of fused-ring (bicyclic) bond motifs is 2. The Morgan fingerprint density at radius 2 is 2.05 bits per heavy atom. The van der Waals surface area contributed by atoms with Crippen LogP contribution in [0.2, 0.25) is 0 Å². The molecule has 0 bridgehead atoms. The molecule has 1 fully saturated rings. The third kappa shape index (κ3) is 4.49. The first-order chi connectivity index (χ1) is 17.8. The van der Waals surface area contributed by atoms with Crippen LogP contribution in [-0.4, -0.2) is 78.3 Å². The van der Waals surface area contributed by atoms with Crippen molar-refractivity contribution < 1.29 is 18.7 Å². The number of likely N-dealkylation sites (N-methyl/N-ethyl adjacent to an activating group) is 1. The van der Waals surface area contributed by atoms with Crippen LogP contribution < -0.4 is 15.2 Å². The van der Waals surface area contributed by atoms with Crippen LogP contribution in [0.4, 0.5) is 10.2 Å². The van der Waals surface area contributed by atoms with E-state index in [-0.39, 0.29) is 17.6 Å². The van der Waals surface area contributed by atoms with Crippen LogP contribution in [0.1, 0.15) is 18.0 Å². The standard InChI is InChI=1S/C26H29FN6O3S/c1-31(2)8-5-6-22(34)32-9-7-15(13-32)18-10-16(24-26(28)29-14-30-33(18)24)21-11-17-23(27)19(35-3)12-20(36-4)25(17)37-21/h5-6,10-12,14-15H,7-9,13H2,1-4H3,(H2,28,29,30)/b6-5+. The number of hydrogen-bond acceptors (Lipinski definition) is 8. The molecule has 3 aromatic heterocycles. The molecular formula is C26H29FN6O3S. The molecule has 1 atom stereocenters. The molecule has 1 aliphatic heterocycles. The molecule has 2 N–H and O–H groups in total. The predicted molar refractivity (Wildman–Crippen MR) is 143 cm³/mol. The number of ether oxygens (including phenoxy) is 2. The van der Waals surface area contributed by atoms with Crippen molar-refractivity contribution in [3.05, 3.63) is 48.2 Å². The van der Waals surface area contributed by atoms with Gasteiger partial charge in [0.1, 0.15) is 17.6 Å². The lowest BCUT2D eigenvalue weighted by atomic mass is 10.0. The second-order valence-electron chi connectivity index (χ2n) is 9.27. The van der Waals surface area contributed by atoms with Crippen molar-refractivity contribution in [2.24, 2.45) is 0 Å². The molecule has 4 aromatic rings. The van der Waals surface area contributed by atoms with Crippen molar-refractivity contribution in [1.82, 2.24) is 24.4 Å². The summed E-state index contributed by atoms with van der Waals surface area (Å²) in [6, 6.07) is 5.37. The maximum atomic E-state index is 15.1. The first-order valence-electron chi connectivity index (χ1n) is 11.9. The Morgan fingerprint density at radius 1 is 1.27 bits per heavy atom. The Labute approximate surface area is 217 Å². The highest BCUT2D eigenvalue weighted by Gasteiger charge is 2.30. The highest BCUT2D eigenvalue weighted by molar-refractivity contribution is 7.22. The van der Waals surface area contributed by atoms with Crippen molar-refractivity contribution in [3.63, 3.8) is 0 Å². The number of nitrogens with zero attached hydrogens (tertiary/aromatic N) is 5. The Morgan fingerprint density at radius 3 is 2.78 bits per heavy atom. The van der Waals surface area contributed by atoms with Gasteiger partial charge in [-0.2, -0.15) is 5.10 Å². The Kier molecular flexibility index (Phi) is 6.74. The molecule has 0 spiro atoms. The molecule has 9 nitrogen and oxygen atoms in total. The number of nitrogens with two attached hydrogens (primary N) is 1. The molecule has 1 aromatic carbocycles. The molecule has 0 saturated carbocycles. The van der Waals surface area contributed by atoms with Crippen LogP contribution in [0.15, 0.2) is 36.7 Å². The summed E-state index contributed by atoms with van der Waals surface area (Å²) >= 11 is 1.41. The summed E-state index contributed by atoms with van der Waals surface area (Å²) in [6.45, 7) is 1.94. The monoisotopic (exact) mass is 524 g/mol. The summed E-state index contributed by atoms with van der Waals surface area (Å²) in [5.41, 5.74) is 8.73. The lowest BCUT2D eigenvalue weighted by Crippen LogP contribution is -2.27. The van der Waals surface area contributed by atoms with Crippen LogP contribution in [0.25, 0.3) is 26.0 Å². The number of likely N-dealkylation sites (tertiary alicyclic amines) is 1. The second-order valence-corrected chi connectivity index (χ2v) is 10.3. The van der Waals surface area contributed by atoms with Crippen LogP contribution in [0, 0.1) is 5.82 Å². The van der Waals surface area contributed by atoms with E-state index >= 15 is 4.39 Å². The number of rotatable bonds is 7. The Balaban J connectivity index is 1.55. The van der Waals surface area contributed by atoms with Gasteiger partial charge in [0.15, 0.2) is 17.4 Å². The highest BCUT2D eigenvalue weighted by Crippen LogP contribution is 2.45. The van der Waals surface area contributed by atoms with Gasteiger partial charge < -0.3 is 25.0 Å². The fourth-order valence-electron chi connectivity index (χ4n) is 4.79. The number of carbonyl (C=O) groups is 1. The summed E-state index contributed by atoms with van der Waals surface area (Å²) in [5.74, 6) is 0.611. The number of amides is 1. The van der Waals surface area contributed by atoms with E-state index in [1.54, 1.807) is 29.8 Å². The number of hydrogen-bond donors (Lipinski definition) is 1. The van der Waals surface area contributed by atoms with Gasteiger partial charge in [0.05, 0.1) is 18.9 Å². The first-order valence-corrected chi connectivity index (χ1v) is 12.7. The molecule has 0 aliphatic carbocycles. The van der Waals surface area contributed by atoms with E-state index in [2.05, 4.69) is 10.1 Å². The number of nitrogen functional groups attached to an aromatic ring is 1. The predicted octanol–water partition coefficient (Wildman–Crippen LogP) is 3.78. The van der Waals surface area contributed by atoms with Crippen LogP contribution in [0.5, 0.6) is 11.5 Å². The van der Waals surface area contributed by atoms with Gasteiger partial charge in [-0.1, -0.05) is 6.08 Å². The lowest BCUT2D eigenvalue weighted by Gasteiger charge is -2.14. The smallest absolute Gasteiger partial charge is 0.246 e. The fourth-order valence-corrected chi connectivity index (χ4v) is 5.96. The van der Waals surface area contributed by atoms with E-state index in [4.69, 9.17) is 15.2 Å². The zero-order valence-electron chi connectivity index (χ0n) is 21.2. The van der Waals surface area contributed by atoms with E-state index < -0.39 is 5.82 Å². The first kappa shape index (κ1) is 25.0. The topological polar surface area (TPSA) is 98.2 Å². The summed E-state index contributed by atoms with van der Waals surface area (Å²) in [7, 11) is 6.89. The number of carbonyl (C=O) groups excluding carboxylic acids is 1. The van der Waals surface area contributed by atoms with Crippen molar-refractivity contribution in [2.45, 2.75) is 12.3 Å².